The number of nitrogens with one attached hydrogen (secondary N) is 1. The van der Waals surface area contributed by atoms with Crippen LogP contribution >= 0.6 is 0 Å². The van der Waals surface area contributed by atoms with Gasteiger partial charge in [0, 0.05) is 18.3 Å². The van der Waals surface area contributed by atoms with Crippen molar-refractivity contribution in [2.45, 2.75) is 32.7 Å². The maximum Gasteiger partial charge on any atom is 0.301 e. The number of nitrogens with zero attached hydrogens (tertiary/aromatic N) is 1. The van der Waals surface area contributed by atoms with Crippen LogP contribution in [0.2, 0.25) is 0 Å². The van der Waals surface area contributed by atoms with E-state index < -0.39 is 10.2 Å². The Hall–Kier alpha value is -1.27. The fourth-order valence-corrected chi connectivity index (χ4v) is 3.75. The van der Waals surface area contributed by atoms with E-state index in [0.717, 1.165) is 18.4 Å². The summed E-state index contributed by atoms with van der Waals surface area (Å²) in [6, 6.07) is 5.29. The molecule has 100 valence electrons. The summed E-state index contributed by atoms with van der Waals surface area (Å²) in [7, 11) is -3.48. The minimum atomic E-state index is -3.48. The van der Waals surface area contributed by atoms with E-state index in [-0.39, 0.29) is 6.04 Å². The van der Waals surface area contributed by atoms with Crippen LogP contribution in [0, 0.1) is 0 Å². The second-order valence-corrected chi connectivity index (χ2v) is 6.42. The summed E-state index contributed by atoms with van der Waals surface area (Å²) in [6.45, 7) is 4.11. The van der Waals surface area contributed by atoms with Gasteiger partial charge in [0.25, 0.3) is 0 Å². The van der Waals surface area contributed by atoms with Gasteiger partial charge in [0.1, 0.15) is 0 Å². The molecule has 18 heavy (non-hydrogen) atoms. The third-order valence-electron chi connectivity index (χ3n) is 2.92. The van der Waals surface area contributed by atoms with E-state index >= 15 is 0 Å². The Kier molecular flexibility index (Phi) is 3.49. The molecule has 0 fully saturated rings. The Morgan fingerprint density at radius 2 is 2.11 bits per heavy atom. The van der Waals surface area contributed by atoms with Crippen LogP contribution in [0.4, 0.5) is 11.4 Å². The minimum absolute atomic E-state index is 0.124. The van der Waals surface area contributed by atoms with Crippen molar-refractivity contribution in [3.8, 4) is 0 Å². The largest absolute Gasteiger partial charge is 0.398 e. The highest BCUT2D eigenvalue weighted by Crippen LogP contribution is 2.32. The maximum absolute atomic E-state index is 12.2. The number of hydrogen-bond donors (Lipinski definition) is 2. The molecule has 0 aliphatic carbocycles. The first-order valence-corrected chi connectivity index (χ1v) is 7.53. The average Bonchev–Trinajstić information content (AvgIpc) is 2.27. The minimum Gasteiger partial charge on any atom is -0.398 e. The Labute approximate surface area is 108 Å². The van der Waals surface area contributed by atoms with Crippen LogP contribution < -0.4 is 14.8 Å². The summed E-state index contributed by atoms with van der Waals surface area (Å²) in [5.74, 6) is 0. The fourth-order valence-electron chi connectivity index (χ4n) is 2.23. The SMILES string of the molecule is CC(C)NS(=O)(=O)N1CCCc2c(N)cccc21. The van der Waals surface area contributed by atoms with Crippen molar-refractivity contribution < 1.29 is 8.42 Å². The van der Waals surface area contributed by atoms with Gasteiger partial charge in [0.2, 0.25) is 0 Å². The van der Waals surface area contributed by atoms with Crippen LogP contribution in [0.15, 0.2) is 18.2 Å². The molecule has 3 N–H and O–H groups in total. The molecule has 1 aliphatic heterocycles. The molecule has 6 heteroatoms. The molecule has 0 atom stereocenters. The third kappa shape index (κ3) is 2.44. The zero-order chi connectivity index (χ0) is 13.3. The van der Waals surface area contributed by atoms with Gasteiger partial charge in [-0.25, -0.2) is 0 Å². The van der Waals surface area contributed by atoms with Gasteiger partial charge in [-0.2, -0.15) is 13.1 Å². The highest BCUT2D eigenvalue weighted by atomic mass is 32.2. The van der Waals surface area contributed by atoms with E-state index in [1.54, 1.807) is 6.07 Å². The smallest absolute Gasteiger partial charge is 0.301 e. The molecule has 0 aromatic heterocycles. The van der Waals surface area contributed by atoms with Gasteiger partial charge in [0.05, 0.1) is 5.69 Å². The zero-order valence-corrected chi connectivity index (χ0v) is 11.5. The van der Waals surface area contributed by atoms with Crippen LogP contribution in [0.3, 0.4) is 0 Å². The van der Waals surface area contributed by atoms with Crippen molar-refractivity contribution in [3.05, 3.63) is 23.8 Å². The van der Waals surface area contributed by atoms with Gasteiger partial charge in [-0.1, -0.05) is 6.07 Å². The molecule has 0 saturated carbocycles. The molecule has 1 aromatic carbocycles. The highest BCUT2D eigenvalue weighted by Gasteiger charge is 2.28. The molecule has 0 amide bonds. The Bertz CT molecular complexity index is 540. The molecule has 2 rings (SSSR count). The van der Waals surface area contributed by atoms with Crippen LogP contribution in [0.25, 0.3) is 0 Å². The lowest BCUT2D eigenvalue weighted by Gasteiger charge is -2.31. The number of nitrogens with two attached hydrogens (primary N) is 1. The normalized spacial score (nSPS) is 15.8. The molecule has 1 heterocycles. The van der Waals surface area contributed by atoms with Crippen LogP contribution in [-0.2, 0) is 16.6 Å². The topological polar surface area (TPSA) is 75.4 Å². The number of nitrogen functional groups attached to an aromatic ring is 1. The summed E-state index contributed by atoms with van der Waals surface area (Å²) in [5.41, 5.74) is 8.20. The first kappa shape index (κ1) is 13.2. The van der Waals surface area contributed by atoms with Gasteiger partial charge >= 0.3 is 10.2 Å². The molecular formula is C12H19N3O2S. The zero-order valence-electron chi connectivity index (χ0n) is 10.7. The fraction of sp³-hybridized carbons (Fsp3) is 0.500. The number of anilines is 2. The lowest BCUT2D eigenvalue weighted by Crippen LogP contribution is -2.45. The summed E-state index contributed by atoms with van der Waals surface area (Å²) < 4.78 is 28.5. The Morgan fingerprint density at radius 3 is 2.78 bits per heavy atom. The summed E-state index contributed by atoms with van der Waals surface area (Å²) in [6.07, 6.45) is 1.62. The van der Waals surface area contributed by atoms with E-state index in [1.807, 2.05) is 26.0 Å². The standard InChI is InChI=1S/C12H19N3O2S/c1-9(2)14-18(16,17)15-8-4-5-10-11(13)6-3-7-12(10)15/h3,6-7,9,14H,4-5,8,13H2,1-2H3. The second kappa shape index (κ2) is 4.78. The van der Waals surface area contributed by atoms with Crippen molar-refractivity contribution >= 4 is 21.6 Å². The molecule has 1 aromatic rings. The summed E-state index contributed by atoms with van der Waals surface area (Å²) >= 11 is 0. The van der Waals surface area contributed by atoms with E-state index in [2.05, 4.69) is 4.72 Å². The Morgan fingerprint density at radius 1 is 1.39 bits per heavy atom. The lowest BCUT2D eigenvalue weighted by atomic mass is 10.0. The monoisotopic (exact) mass is 269 g/mol. The van der Waals surface area contributed by atoms with E-state index in [4.69, 9.17) is 5.73 Å². The number of benzene rings is 1. The second-order valence-electron chi connectivity index (χ2n) is 4.80. The molecule has 5 nitrogen and oxygen atoms in total. The van der Waals surface area contributed by atoms with Crippen LogP contribution in [0.1, 0.15) is 25.8 Å². The average molecular weight is 269 g/mol. The molecule has 0 unspecified atom stereocenters. The maximum atomic E-state index is 12.2. The predicted molar refractivity (Wildman–Crippen MR) is 73.7 cm³/mol. The number of hydrogen-bond acceptors (Lipinski definition) is 3. The van der Waals surface area contributed by atoms with Gasteiger partial charge < -0.3 is 5.73 Å². The summed E-state index contributed by atoms with van der Waals surface area (Å²) in [5, 5.41) is 0. The molecule has 0 radical (unpaired) electrons. The first-order valence-electron chi connectivity index (χ1n) is 6.09. The van der Waals surface area contributed by atoms with Crippen molar-refractivity contribution in [2.24, 2.45) is 0 Å². The van der Waals surface area contributed by atoms with E-state index in [9.17, 15) is 8.42 Å². The van der Waals surface area contributed by atoms with Gasteiger partial charge in [-0.15, -0.1) is 0 Å². The van der Waals surface area contributed by atoms with Crippen LogP contribution in [0.5, 0.6) is 0 Å². The first-order chi connectivity index (χ1) is 8.42. The van der Waals surface area contributed by atoms with Gasteiger partial charge in [-0.05, 0) is 44.4 Å². The number of rotatable bonds is 3. The third-order valence-corrected chi connectivity index (χ3v) is 4.65. The molecule has 0 bridgehead atoms. The van der Waals surface area contributed by atoms with Crippen molar-refractivity contribution in [2.75, 3.05) is 16.6 Å². The summed E-state index contributed by atoms with van der Waals surface area (Å²) in [4.78, 5) is 0. The van der Waals surface area contributed by atoms with Gasteiger partial charge in [-0.3, -0.25) is 4.31 Å². The van der Waals surface area contributed by atoms with E-state index in [0.29, 0.717) is 17.9 Å². The van der Waals surface area contributed by atoms with Gasteiger partial charge in [0.15, 0.2) is 0 Å². The van der Waals surface area contributed by atoms with Crippen molar-refractivity contribution in [3.63, 3.8) is 0 Å². The number of fused-ring (bicyclic) bond motifs is 1. The van der Waals surface area contributed by atoms with Crippen LogP contribution in [-0.4, -0.2) is 21.0 Å². The quantitative estimate of drug-likeness (QED) is 0.811. The van der Waals surface area contributed by atoms with Crippen molar-refractivity contribution in [1.82, 2.24) is 4.72 Å². The van der Waals surface area contributed by atoms with Crippen molar-refractivity contribution in [1.29, 1.82) is 0 Å². The highest BCUT2D eigenvalue weighted by molar-refractivity contribution is 7.90. The molecule has 0 saturated heterocycles. The molecule has 1 aliphatic rings. The molecular weight excluding hydrogens is 250 g/mol. The Balaban J connectivity index is 2.42. The molecule has 0 spiro atoms. The predicted octanol–water partition coefficient (Wildman–Crippen LogP) is 1.26. The lowest BCUT2D eigenvalue weighted by molar-refractivity contribution is 0.561. The van der Waals surface area contributed by atoms with E-state index in [1.165, 1.54) is 4.31 Å².